The molecule has 1 saturated heterocycles. The van der Waals surface area contributed by atoms with Crippen LogP contribution in [0.4, 0.5) is 0 Å². The fraction of sp³-hybridized carbons (Fsp3) is 0.440. The first-order valence-electron chi connectivity index (χ1n) is 11.1. The van der Waals surface area contributed by atoms with Gasteiger partial charge in [-0.3, -0.25) is 4.79 Å². The van der Waals surface area contributed by atoms with Crippen LogP contribution in [0.1, 0.15) is 30.0 Å². The Morgan fingerprint density at radius 3 is 2.71 bits per heavy atom. The summed E-state index contributed by atoms with van der Waals surface area (Å²) in [5, 5.41) is 6.71. The Balaban J connectivity index is 1.50. The molecule has 0 aromatic heterocycles. The van der Waals surface area contributed by atoms with E-state index in [9.17, 15) is 4.79 Å². The second-order valence-electron chi connectivity index (χ2n) is 8.03. The number of aryl methyl sites for hydroxylation is 1. The van der Waals surface area contributed by atoms with Gasteiger partial charge in [0.2, 0.25) is 5.91 Å². The van der Waals surface area contributed by atoms with E-state index in [2.05, 4.69) is 41.8 Å². The van der Waals surface area contributed by atoms with Crippen LogP contribution in [0.15, 0.2) is 53.5 Å². The minimum atomic E-state index is 0.247. The lowest BCUT2D eigenvalue weighted by atomic mass is 10.1. The molecule has 1 fully saturated rings. The molecule has 31 heavy (non-hydrogen) atoms. The van der Waals surface area contributed by atoms with E-state index in [0.717, 1.165) is 55.4 Å². The molecule has 166 valence electrons. The van der Waals surface area contributed by atoms with E-state index < -0.39 is 0 Å². The summed E-state index contributed by atoms with van der Waals surface area (Å²) >= 11 is 0. The van der Waals surface area contributed by atoms with Gasteiger partial charge in [-0.2, -0.15) is 0 Å². The van der Waals surface area contributed by atoms with Crippen molar-refractivity contribution in [3.05, 3.63) is 65.2 Å². The molecule has 6 heteroatoms. The van der Waals surface area contributed by atoms with Crippen molar-refractivity contribution in [1.29, 1.82) is 0 Å². The summed E-state index contributed by atoms with van der Waals surface area (Å²) in [4.78, 5) is 19.1. The van der Waals surface area contributed by atoms with Crippen LogP contribution >= 0.6 is 0 Å². The van der Waals surface area contributed by atoms with Crippen LogP contribution < -0.4 is 15.4 Å². The van der Waals surface area contributed by atoms with Crippen LogP contribution in [0.3, 0.4) is 0 Å². The van der Waals surface area contributed by atoms with Crippen LogP contribution in [-0.2, 0) is 17.8 Å². The second kappa shape index (κ2) is 11.4. The molecule has 1 aliphatic rings. The van der Waals surface area contributed by atoms with Gasteiger partial charge >= 0.3 is 0 Å². The van der Waals surface area contributed by atoms with Gasteiger partial charge in [-0.1, -0.05) is 42.5 Å². The third-order valence-electron chi connectivity index (χ3n) is 5.60. The smallest absolute Gasteiger partial charge is 0.223 e. The number of carbonyl (C=O) groups is 1. The molecule has 1 atom stereocenters. The minimum Gasteiger partial charge on any atom is -0.496 e. The van der Waals surface area contributed by atoms with Gasteiger partial charge in [0, 0.05) is 38.5 Å². The molecule has 0 radical (unpaired) electrons. The number of ether oxygens (including phenoxy) is 1. The lowest BCUT2D eigenvalue weighted by molar-refractivity contribution is -0.127. The third kappa shape index (κ3) is 6.74. The van der Waals surface area contributed by atoms with Crippen molar-refractivity contribution in [3.8, 4) is 5.75 Å². The first-order valence-corrected chi connectivity index (χ1v) is 11.1. The zero-order valence-electron chi connectivity index (χ0n) is 18.9. The van der Waals surface area contributed by atoms with Gasteiger partial charge < -0.3 is 20.3 Å². The maximum absolute atomic E-state index is 12.4. The van der Waals surface area contributed by atoms with Crippen molar-refractivity contribution in [2.24, 2.45) is 10.9 Å². The average molecular weight is 423 g/mol. The first kappa shape index (κ1) is 22.7. The quantitative estimate of drug-likeness (QED) is 0.481. The molecule has 2 aromatic carbocycles. The maximum Gasteiger partial charge on any atom is 0.223 e. The van der Waals surface area contributed by atoms with E-state index in [1.165, 1.54) is 5.56 Å². The van der Waals surface area contributed by atoms with Crippen molar-refractivity contribution in [2.45, 2.75) is 33.2 Å². The van der Waals surface area contributed by atoms with Crippen LogP contribution in [0.25, 0.3) is 0 Å². The maximum atomic E-state index is 12.4. The molecule has 0 saturated carbocycles. The molecule has 6 nitrogen and oxygen atoms in total. The van der Waals surface area contributed by atoms with Crippen molar-refractivity contribution in [2.75, 3.05) is 33.3 Å². The number of hydrogen-bond acceptors (Lipinski definition) is 3. The van der Waals surface area contributed by atoms with Gasteiger partial charge in [-0.25, -0.2) is 4.99 Å². The van der Waals surface area contributed by atoms with Crippen molar-refractivity contribution in [1.82, 2.24) is 15.5 Å². The van der Waals surface area contributed by atoms with E-state index in [-0.39, 0.29) is 5.91 Å². The van der Waals surface area contributed by atoms with Crippen LogP contribution in [0.2, 0.25) is 0 Å². The number of hydrogen-bond donors (Lipinski definition) is 2. The first-order chi connectivity index (χ1) is 15.1. The molecule has 0 bridgehead atoms. The van der Waals surface area contributed by atoms with Crippen molar-refractivity contribution < 1.29 is 9.53 Å². The van der Waals surface area contributed by atoms with Crippen molar-refractivity contribution in [3.63, 3.8) is 0 Å². The zero-order valence-corrected chi connectivity index (χ0v) is 18.9. The number of methoxy groups -OCH3 is 1. The highest BCUT2D eigenvalue weighted by molar-refractivity contribution is 5.81. The SMILES string of the molecule is CCNC(=NCc1ccc(C)c(OC)c1)NCC1CC(=O)N(CCc2ccccc2)C1. The Morgan fingerprint density at radius 2 is 1.97 bits per heavy atom. The average Bonchev–Trinajstić information content (AvgIpc) is 3.15. The predicted molar refractivity (Wildman–Crippen MR) is 125 cm³/mol. The van der Waals surface area contributed by atoms with E-state index in [4.69, 9.17) is 9.73 Å². The molecule has 1 unspecified atom stereocenters. The summed E-state index contributed by atoms with van der Waals surface area (Å²) in [6.45, 7) is 7.75. The van der Waals surface area contributed by atoms with Gasteiger partial charge in [0.15, 0.2) is 5.96 Å². The number of rotatable bonds is 9. The second-order valence-corrected chi connectivity index (χ2v) is 8.03. The summed E-state index contributed by atoms with van der Waals surface area (Å²) in [5.41, 5.74) is 3.48. The number of nitrogens with one attached hydrogen (secondary N) is 2. The van der Waals surface area contributed by atoms with Crippen LogP contribution in [-0.4, -0.2) is 50.1 Å². The fourth-order valence-corrected chi connectivity index (χ4v) is 3.83. The zero-order chi connectivity index (χ0) is 22.1. The topological polar surface area (TPSA) is 66.0 Å². The monoisotopic (exact) mass is 422 g/mol. The van der Waals surface area contributed by atoms with Crippen molar-refractivity contribution >= 4 is 11.9 Å². The molecule has 1 heterocycles. The molecule has 1 amide bonds. The lowest BCUT2D eigenvalue weighted by Gasteiger charge is -2.18. The Labute approximate surface area is 185 Å². The highest BCUT2D eigenvalue weighted by Gasteiger charge is 2.29. The highest BCUT2D eigenvalue weighted by atomic mass is 16.5. The molecular weight excluding hydrogens is 388 g/mol. The van der Waals surface area contributed by atoms with E-state index >= 15 is 0 Å². The largest absolute Gasteiger partial charge is 0.496 e. The number of aliphatic imine (C=N–C) groups is 1. The van der Waals surface area contributed by atoms with Gasteiger partial charge in [-0.05, 0) is 43.0 Å². The summed E-state index contributed by atoms with van der Waals surface area (Å²) in [7, 11) is 1.69. The van der Waals surface area contributed by atoms with Crippen LogP contribution in [0.5, 0.6) is 5.75 Å². The number of carbonyl (C=O) groups excluding carboxylic acids is 1. The Hall–Kier alpha value is -3.02. The molecule has 1 aliphatic heterocycles. The Bertz CT molecular complexity index is 882. The lowest BCUT2D eigenvalue weighted by Crippen LogP contribution is -2.40. The Morgan fingerprint density at radius 1 is 1.16 bits per heavy atom. The number of benzene rings is 2. The summed E-state index contributed by atoms with van der Waals surface area (Å²) in [5.74, 6) is 2.20. The number of guanidine groups is 1. The molecule has 0 spiro atoms. The standard InChI is InChI=1S/C25H34N4O2/c1-4-26-25(27-16-21-11-10-19(2)23(14-21)31-3)28-17-22-15-24(30)29(18-22)13-12-20-8-6-5-7-9-20/h5-11,14,22H,4,12-13,15-18H2,1-3H3,(H2,26,27,28). The molecule has 3 rings (SSSR count). The number of nitrogens with zero attached hydrogens (tertiary/aromatic N) is 2. The van der Waals surface area contributed by atoms with E-state index in [1.54, 1.807) is 7.11 Å². The van der Waals surface area contributed by atoms with Crippen LogP contribution in [0, 0.1) is 12.8 Å². The molecule has 2 aromatic rings. The molecule has 2 N–H and O–H groups in total. The van der Waals surface area contributed by atoms with Gasteiger partial charge in [-0.15, -0.1) is 0 Å². The normalized spacial score (nSPS) is 16.5. The Kier molecular flexibility index (Phi) is 8.33. The number of likely N-dealkylation sites (tertiary alicyclic amines) is 1. The minimum absolute atomic E-state index is 0.247. The summed E-state index contributed by atoms with van der Waals surface area (Å²) < 4.78 is 5.41. The number of amides is 1. The van der Waals surface area contributed by atoms with Gasteiger partial charge in [0.05, 0.1) is 13.7 Å². The molecular formula is C25H34N4O2. The fourth-order valence-electron chi connectivity index (χ4n) is 3.83. The third-order valence-corrected chi connectivity index (χ3v) is 5.60. The molecule has 0 aliphatic carbocycles. The van der Waals surface area contributed by atoms with E-state index in [0.29, 0.717) is 18.9 Å². The predicted octanol–water partition coefficient (Wildman–Crippen LogP) is 3.15. The summed E-state index contributed by atoms with van der Waals surface area (Å²) in [6.07, 6.45) is 1.49. The highest BCUT2D eigenvalue weighted by Crippen LogP contribution is 2.20. The van der Waals surface area contributed by atoms with Gasteiger partial charge in [0.25, 0.3) is 0 Å². The van der Waals surface area contributed by atoms with E-state index in [1.807, 2.05) is 36.1 Å². The van der Waals surface area contributed by atoms with Gasteiger partial charge in [0.1, 0.15) is 5.75 Å². The summed E-state index contributed by atoms with van der Waals surface area (Å²) in [6, 6.07) is 16.5.